The van der Waals surface area contributed by atoms with Gasteiger partial charge in [-0.3, -0.25) is 4.79 Å². The van der Waals surface area contributed by atoms with Crippen molar-refractivity contribution < 1.29 is 24.5 Å². The van der Waals surface area contributed by atoms with Gasteiger partial charge in [-0.1, -0.05) is 13.3 Å². The standard InChI is InChI=1S/C11H21NO5/c1-2-3-9(4-5-13)6-12-10(14)7-17-8-11(15)16/h9,13H,2-8H2,1H3,(H,12,14)(H,15,16). The lowest BCUT2D eigenvalue weighted by molar-refractivity contribution is -0.143. The van der Waals surface area contributed by atoms with Gasteiger partial charge in [0.2, 0.25) is 5.91 Å². The Morgan fingerprint density at radius 3 is 2.53 bits per heavy atom. The van der Waals surface area contributed by atoms with Crippen LogP contribution in [-0.4, -0.2) is 48.5 Å². The van der Waals surface area contributed by atoms with E-state index in [-0.39, 0.29) is 25.0 Å². The number of carbonyl (C=O) groups is 2. The molecule has 1 amide bonds. The SMILES string of the molecule is CCCC(CCO)CNC(=O)COCC(=O)O. The summed E-state index contributed by atoms with van der Waals surface area (Å²) in [5.74, 6) is -1.17. The summed E-state index contributed by atoms with van der Waals surface area (Å²) in [6, 6.07) is 0. The Balaban J connectivity index is 3.68. The second-order valence-corrected chi connectivity index (χ2v) is 3.86. The number of carbonyl (C=O) groups excluding carboxylic acids is 1. The Hall–Kier alpha value is -1.14. The topological polar surface area (TPSA) is 95.9 Å². The molecule has 0 heterocycles. The van der Waals surface area contributed by atoms with Gasteiger partial charge in [0.1, 0.15) is 13.2 Å². The van der Waals surface area contributed by atoms with Crippen LogP contribution in [0.15, 0.2) is 0 Å². The van der Waals surface area contributed by atoms with E-state index in [4.69, 9.17) is 10.2 Å². The molecule has 17 heavy (non-hydrogen) atoms. The van der Waals surface area contributed by atoms with Gasteiger partial charge in [-0.2, -0.15) is 0 Å². The molecule has 6 heteroatoms. The van der Waals surface area contributed by atoms with Crippen molar-refractivity contribution >= 4 is 11.9 Å². The molecule has 0 saturated carbocycles. The van der Waals surface area contributed by atoms with Crippen molar-refractivity contribution in [1.29, 1.82) is 0 Å². The van der Waals surface area contributed by atoms with E-state index < -0.39 is 12.6 Å². The molecule has 0 aromatic carbocycles. The van der Waals surface area contributed by atoms with E-state index in [1.165, 1.54) is 0 Å². The number of nitrogens with one attached hydrogen (secondary N) is 1. The lowest BCUT2D eigenvalue weighted by atomic mass is 10.0. The average molecular weight is 247 g/mol. The maximum absolute atomic E-state index is 11.2. The molecule has 0 aromatic heterocycles. The van der Waals surface area contributed by atoms with E-state index >= 15 is 0 Å². The summed E-state index contributed by atoms with van der Waals surface area (Å²) < 4.78 is 4.65. The van der Waals surface area contributed by atoms with E-state index in [2.05, 4.69) is 10.1 Å². The Kier molecular flexibility index (Phi) is 9.37. The third-order valence-electron chi connectivity index (χ3n) is 2.28. The number of aliphatic carboxylic acids is 1. The molecule has 3 N–H and O–H groups in total. The molecule has 0 saturated heterocycles. The summed E-state index contributed by atoms with van der Waals surface area (Å²) in [6.45, 7) is 1.93. The largest absolute Gasteiger partial charge is 0.480 e. The Bertz CT molecular complexity index is 226. The van der Waals surface area contributed by atoms with Crippen molar-refractivity contribution in [2.75, 3.05) is 26.4 Å². The highest BCUT2D eigenvalue weighted by Gasteiger charge is 2.09. The van der Waals surface area contributed by atoms with Crippen LogP contribution in [0.2, 0.25) is 0 Å². The molecule has 1 atom stereocenters. The van der Waals surface area contributed by atoms with Gasteiger partial charge >= 0.3 is 5.97 Å². The van der Waals surface area contributed by atoms with Gasteiger partial charge in [-0.15, -0.1) is 0 Å². The van der Waals surface area contributed by atoms with E-state index in [1.54, 1.807) is 0 Å². The maximum atomic E-state index is 11.2. The van der Waals surface area contributed by atoms with Gasteiger partial charge in [0.05, 0.1) is 0 Å². The third-order valence-corrected chi connectivity index (χ3v) is 2.28. The summed E-state index contributed by atoms with van der Waals surface area (Å²) in [5.41, 5.74) is 0. The Morgan fingerprint density at radius 1 is 1.29 bits per heavy atom. The zero-order valence-electron chi connectivity index (χ0n) is 10.1. The highest BCUT2D eigenvalue weighted by atomic mass is 16.5. The molecule has 6 nitrogen and oxygen atoms in total. The molecule has 0 aliphatic heterocycles. The molecule has 0 aliphatic rings. The number of aliphatic hydroxyl groups excluding tert-OH is 1. The first kappa shape index (κ1) is 15.9. The van der Waals surface area contributed by atoms with Gasteiger partial charge < -0.3 is 20.3 Å². The molecule has 0 rings (SSSR count). The lowest BCUT2D eigenvalue weighted by Crippen LogP contribution is -2.33. The van der Waals surface area contributed by atoms with Crippen LogP contribution in [0.4, 0.5) is 0 Å². The third kappa shape index (κ3) is 9.77. The van der Waals surface area contributed by atoms with Crippen LogP contribution in [0, 0.1) is 5.92 Å². The number of amides is 1. The molecular formula is C11H21NO5. The molecule has 0 aliphatic carbocycles. The van der Waals surface area contributed by atoms with Crippen LogP contribution in [0.25, 0.3) is 0 Å². The number of carboxylic acid groups (broad SMARTS) is 1. The molecular weight excluding hydrogens is 226 g/mol. The van der Waals surface area contributed by atoms with Crippen molar-refractivity contribution in [3.8, 4) is 0 Å². The predicted molar refractivity (Wildman–Crippen MR) is 61.6 cm³/mol. The normalized spacial score (nSPS) is 12.1. The van der Waals surface area contributed by atoms with Crippen molar-refractivity contribution in [2.24, 2.45) is 5.92 Å². The summed E-state index contributed by atoms with van der Waals surface area (Å²) in [6.07, 6.45) is 2.59. The molecule has 0 bridgehead atoms. The quantitative estimate of drug-likeness (QED) is 0.505. The lowest BCUT2D eigenvalue weighted by Gasteiger charge is -2.15. The second kappa shape index (κ2) is 10.0. The molecule has 0 radical (unpaired) electrons. The predicted octanol–water partition coefficient (Wildman–Crippen LogP) is 0.00250. The van der Waals surface area contributed by atoms with Crippen molar-refractivity contribution in [3.05, 3.63) is 0 Å². The summed E-state index contributed by atoms with van der Waals surface area (Å²) in [5, 5.41) is 19.8. The first-order chi connectivity index (χ1) is 8.10. The van der Waals surface area contributed by atoms with Crippen LogP contribution in [0.5, 0.6) is 0 Å². The number of aliphatic hydroxyl groups is 1. The zero-order valence-corrected chi connectivity index (χ0v) is 10.1. The van der Waals surface area contributed by atoms with Gasteiger partial charge in [-0.05, 0) is 18.8 Å². The fourth-order valence-corrected chi connectivity index (χ4v) is 1.48. The van der Waals surface area contributed by atoms with E-state index in [1.807, 2.05) is 6.92 Å². The number of hydrogen-bond acceptors (Lipinski definition) is 4. The number of carboxylic acids is 1. The van der Waals surface area contributed by atoms with Crippen molar-refractivity contribution in [2.45, 2.75) is 26.2 Å². The first-order valence-electron chi connectivity index (χ1n) is 5.77. The minimum atomic E-state index is -1.10. The molecule has 100 valence electrons. The van der Waals surface area contributed by atoms with Crippen LogP contribution in [-0.2, 0) is 14.3 Å². The van der Waals surface area contributed by atoms with Crippen molar-refractivity contribution in [3.63, 3.8) is 0 Å². The summed E-state index contributed by atoms with van der Waals surface area (Å²) in [4.78, 5) is 21.4. The Morgan fingerprint density at radius 2 is 2.00 bits per heavy atom. The monoisotopic (exact) mass is 247 g/mol. The first-order valence-corrected chi connectivity index (χ1v) is 5.77. The second-order valence-electron chi connectivity index (χ2n) is 3.86. The summed E-state index contributed by atoms with van der Waals surface area (Å²) in [7, 11) is 0. The fourth-order valence-electron chi connectivity index (χ4n) is 1.48. The van der Waals surface area contributed by atoms with Crippen LogP contribution in [0.1, 0.15) is 26.2 Å². The van der Waals surface area contributed by atoms with Gasteiger partial charge in [0.25, 0.3) is 0 Å². The maximum Gasteiger partial charge on any atom is 0.329 e. The molecule has 1 unspecified atom stereocenters. The van der Waals surface area contributed by atoms with Gasteiger partial charge in [-0.25, -0.2) is 4.79 Å². The van der Waals surface area contributed by atoms with Crippen molar-refractivity contribution in [1.82, 2.24) is 5.32 Å². The Labute approximate surface area is 101 Å². The van der Waals surface area contributed by atoms with Gasteiger partial charge in [0, 0.05) is 13.2 Å². The van der Waals surface area contributed by atoms with Crippen LogP contribution >= 0.6 is 0 Å². The highest BCUT2D eigenvalue weighted by molar-refractivity contribution is 5.77. The van der Waals surface area contributed by atoms with E-state index in [0.717, 1.165) is 12.8 Å². The fraction of sp³-hybridized carbons (Fsp3) is 0.818. The van der Waals surface area contributed by atoms with E-state index in [9.17, 15) is 9.59 Å². The smallest absolute Gasteiger partial charge is 0.329 e. The minimum Gasteiger partial charge on any atom is -0.480 e. The minimum absolute atomic E-state index is 0.107. The number of rotatable bonds is 10. The molecule has 0 aromatic rings. The number of ether oxygens (including phenoxy) is 1. The molecule has 0 fully saturated rings. The summed E-state index contributed by atoms with van der Waals surface area (Å²) >= 11 is 0. The van der Waals surface area contributed by atoms with Gasteiger partial charge in [0.15, 0.2) is 0 Å². The highest BCUT2D eigenvalue weighted by Crippen LogP contribution is 2.09. The zero-order chi connectivity index (χ0) is 13.1. The van der Waals surface area contributed by atoms with E-state index in [0.29, 0.717) is 13.0 Å². The number of hydrogen-bond donors (Lipinski definition) is 3. The average Bonchev–Trinajstić information content (AvgIpc) is 2.26. The molecule has 0 spiro atoms. The van der Waals surface area contributed by atoms with Crippen LogP contribution < -0.4 is 5.32 Å². The van der Waals surface area contributed by atoms with Crippen LogP contribution in [0.3, 0.4) is 0 Å².